The van der Waals surface area contributed by atoms with E-state index in [9.17, 15) is 9.59 Å². The summed E-state index contributed by atoms with van der Waals surface area (Å²) in [5.41, 5.74) is 0.910. The number of thiophene rings is 1. The van der Waals surface area contributed by atoms with Crippen LogP contribution in [0, 0.1) is 0 Å². The molecule has 94 valence electrons. The summed E-state index contributed by atoms with van der Waals surface area (Å²) in [5, 5.41) is 12.5. The number of aliphatic carboxylic acids is 1. The lowest BCUT2D eigenvalue weighted by Crippen LogP contribution is -2.38. The lowest BCUT2D eigenvalue weighted by atomic mass is 10.2. The van der Waals surface area contributed by atoms with Gasteiger partial charge in [-0.1, -0.05) is 0 Å². The molecule has 0 bridgehead atoms. The molecule has 0 aliphatic heterocycles. The van der Waals surface area contributed by atoms with Crippen LogP contribution >= 0.6 is 11.3 Å². The third-order valence-corrected chi connectivity index (χ3v) is 2.91. The highest BCUT2D eigenvalue weighted by molar-refractivity contribution is 7.07. The van der Waals surface area contributed by atoms with Gasteiger partial charge in [0.15, 0.2) is 0 Å². The van der Waals surface area contributed by atoms with Gasteiger partial charge in [0.25, 0.3) is 0 Å². The van der Waals surface area contributed by atoms with Gasteiger partial charge < -0.3 is 14.7 Å². The first-order chi connectivity index (χ1) is 8.13. The van der Waals surface area contributed by atoms with E-state index in [2.05, 4.69) is 0 Å². The summed E-state index contributed by atoms with van der Waals surface area (Å²) in [6, 6.07) is 1.86. The fourth-order valence-corrected chi connectivity index (χ4v) is 2.00. The summed E-state index contributed by atoms with van der Waals surface area (Å²) in [6.45, 7) is 0.348. The molecule has 0 radical (unpaired) electrons. The number of carboxylic acid groups (broad SMARTS) is 1. The maximum absolute atomic E-state index is 11.9. The molecule has 0 atom stereocenters. The van der Waals surface area contributed by atoms with Crippen LogP contribution in [0.25, 0.3) is 0 Å². The number of carbonyl (C=O) groups excluding carboxylic acids is 1. The zero-order valence-electron chi connectivity index (χ0n) is 9.59. The summed E-state index contributed by atoms with van der Waals surface area (Å²) in [4.78, 5) is 23.8. The first-order valence-corrected chi connectivity index (χ1v) is 6.07. The normalized spacial score (nSPS) is 10.2. The second-order valence-corrected chi connectivity index (χ2v) is 4.29. The van der Waals surface area contributed by atoms with Crippen LogP contribution < -0.4 is 0 Å². The van der Waals surface area contributed by atoms with Crippen molar-refractivity contribution in [2.24, 2.45) is 0 Å². The molecule has 17 heavy (non-hydrogen) atoms. The van der Waals surface area contributed by atoms with Gasteiger partial charge in [0.05, 0.1) is 13.0 Å². The molecule has 0 fully saturated rings. The maximum atomic E-state index is 11.9. The molecule has 6 heteroatoms. The van der Waals surface area contributed by atoms with Crippen molar-refractivity contribution in [3.8, 4) is 0 Å². The van der Waals surface area contributed by atoms with E-state index in [4.69, 9.17) is 9.84 Å². The summed E-state index contributed by atoms with van der Waals surface area (Å²) < 4.78 is 4.85. The van der Waals surface area contributed by atoms with Crippen LogP contribution in [-0.2, 0) is 20.7 Å². The molecule has 1 rings (SSSR count). The van der Waals surface area contributed by atoms with E-state index in [-0.39, 0.29) is 18.9 Å². The average molecular weight is 257 g/mol. The second-order valence-electron chi connectivity index (χ2n) is 3.51. The van der Waals surface area contributed by atoms with Crippen LogP contribution in [0.15, 0.2) is 16.8 Å². The van der Waals surface area contributed by atoms with Gasteiger partial charge >= 0.3 is 5.97 Å². The van der Waals surface area contributed by atoms with Crippen LogP contribution in [0.1, 0.15) is 5.56 Å². The molecular weight excluding hydrogens is 242 g/mol. The summed E-state index contributed by atoms with van der Waals surface area (Å²) in [5.74, 6) is -1.21. The minimum absolute atomic E-state index is 0.192. The Bertz CT molecular complexity index is 364. The third kappa shape index (κ3) is 4.97. The quantitative estimate of drug-likeness (QED) is 0.786. The van der Waals surface area contributed by atoms with Crippen molar-refractivity contribution in [3.63, 3.8) is 0 Å². The van der Waals surface area contributed by atoms with E-state index in [1.54, 1.807) is 0 Å². The minimum Gasteiger partial charge on any atom is -0.480 e. The van der Waals surface area contributed by atoms with Gasteiger partial charge in [-0.2, -0.15) is 11.3 Å². The Morgan fingerprint density at radius 2 is 2.29 bits per heavy atom. The molecule has 0 unspecified atom stereocenters. The van der Waals surface area contributed by atoms with Crippen molar-refractivity contribution in [2.75, 3.05) is 26.8 Å². The molecule has 1 heterocycles. The summed E-state index contributed by atoms with van der Waals surface area (Å²) in [7, 11) is 1.52. The van der Waals surface area contributed by atoms with E-state index in [0.717, 1.165) is 5.56 Å². The number of hydrogen-bond acceptors (Lipinski definition) is 4. The Hall–Kier alpha value is -1.40. The van der Waals surface area contributed by atoms with Crippen molar-refractivity contribution < 1.29 is 19.4 Å². The molecule has 0 saturated carbocycles. The molecular formula is C11H15NO4S. The monoisotopic (exact) mass is 257 g/mol. The Morgan fingerprint density at radius 1 is 1.53 bits per heavy atom. The first kappa shape index (κ1) is 13.7. The zero-order valence-corrected chi connectivity index (χ0v) is 10.4. The van der Waals surface area contributed by atoms with Crippen molar-refractivity contribution in [1.82, 2.24) is 4.90 Å². The first-order valence-electron chi connectivity index (χ1n) is 5.13. The van der Waals surface area contributed by atoms with Gasteiger partial charge in [-0.3, -0.25) is 9.59 Å². The fourth-order valence-electron chi connectivity index (χ4n) is 1.34. The van der Waals surface area contributed by atoms with Crippen LogP contribution in [-0.4, -0.2) is 48.7 Å². The molecule has 1 aromatic heterocycles. The van der Waals surface area contributed by atoms with Crippen molar-refractivity contribution in [3.05, 3.63) is 22.4 Å². The topological polar surface area (TPSA) is 66.8 Å². The second kappa shape index (κ2) is 7.03. The smallest absolute Gasteiger partial charge is 0.323 e. The van der Waals surface area contributed by atoms with E-state index in [0.29, 0.717) is 13.2 Å². The molecule has 0 saturated heterocycles. The Kier molecular flexibility index (Phi) is 5.65. The molecule has 0 aliphatic carbocycles. The van der Waals surface area contributed by atoms with Crippen LogP contribution in [0.3, 0.4) is 0 Å². The average Bonchev–Trinajstić information content (AvgIpc) is 2.76. The number of rotatable bonds is 7. The van der Waals surface area contributed by atoms with Crippen molar-refractivity contribution >= 4 is 23.2 Å². The van der Waals surface area contributed by atoms with Gasteiger partial charge in [0.1, 0.15) is 6.54 Å². The van der Waals surface area contributed by atoms with Crippen LogP contribution in [0.2, 0.25) is 0 Å². The molecule has 1 amide bonds. The molecule has 5 nitrogen and oxygen atoms in total. The predicted molar refractivity (Wildman–Crippen MR) is 64.1 cm³/mol. The van der Waals surface area contributed by atoms with Crippen LogP contribution in [0.4, 0.5) is 0 Å². The highest BCUT2D eigenvalue weighted by atomic mass is 32.1. The number of carbonyl (C=O) groups is 2. The van der Waals surface area contributed by atoms with E-state index >= 15 is 0 Å². The Balaban J connectivity index is 2.55. The largest absolute Gasteiger partial charge is 0.480 e. The van der Waals surface area contributed by atoms with Gasteiger partial charge in [-0.25, -0.2) is 0 Å². The number of amides is 1. The summed E-state index contributed by atoms with van der Waals surface area (Å²) >= 11 is 1.51. The number of carboxylic acids is 1. The summed E-state index contributed by atoms with van der Waals surface area (Å²) in [6.07, 6.45) is 0.237. The van der Waals surface area contributed by atoms with Crippen molar-refractivity contribution in [2.45, 2.75) is 6.42 Å². The Morgan fingerprint density at radius 3 is 2.82 bits per heavy atom. The predicted octanol–water partition coefficient (Wildman–Crippen LogP) is 0.850. The number of ether oxygens (including phenoxy) is 1. The maximum Gasteiger partial charge on any atom is 0.323 e. The molecule has 0 aliphatic rings. The SMILES string of the molecule is COCCN(CC(=O)O)C(=O)Cc1ccsc1. The third-order valence-electron chi connectivity index (χ3n) is 2.18. The van der Waals surface area contributed by atoms with E-state index in [1.165, 1.54) is 23.3 Å². The molecule has 1 aromatic rings. The molecule has 1 N–H and O–H groups in total. The van der Waals surface area contributed by atoms with Crippen molar-refractivity contribution in [1.29, 1.82) is 0 Å². The lowest BCUT2D eigenvalue weighted by molar-refractivity contribution is -0.144. The van der Waals surface area contributed by atoms with Gasteiger partial charge in [0.2, 0.25) is 5.91 Å². The fraction of sp³-hybridized carbons (Fsp3) is 0.455. The standard InChI is InChI=1S/C11H15NO4S/c1-16-4-3-12(7-11(14)15)10(13)6-9-2-5-17-8-9/h2,5,8H,3-4,6-7H2,1H3,(H,14,15). The lowest BCUT2D eigenvalue weighted by Gasteiger charge is -2.19. The number of nitrogens with zero attached hydrogens (tertiary/aromatic N) is 1. The highest BCUT2D eigenvalue weighted by Gasteiger charge is 2.16. The molecule has 0 spiro atoms. The number of methoxy groups -OCH3 is 1. The van der Waals surface area contributed by atoms with Gasteiger partial charge in [0, 0.05) is 13.7 Å². The molecule has 0 aromatic carbocycles. The minimum atomic E-state index is -1.01. The van der Waals surface area contributed by atoms with Gasteiger partial charge in [-0.15, -0.1) is 0 Å². The van der Waals surface area contributed by atoms with Crippen LogP contribution in [0.5, 0.6) is 0 Å². The zero-order chi connectivity index (χ0) is 12.7. The highest BCUT2D eigenvalue weighted by Crippen LogP contribution is 2.08. The van der Waals surface area contributed by atoms with E-state index in [1.807, 2.05) is 16.8 Å². The van der Waals surface area contributed by atoms with E-state index < -0.39 is 5.97 Å². The van der Waals surface area contributed by atoms with Gasteiger partial charge in [-0.05, 0) is 22.4 Å². The Labute approximate surface area is 104 Å². The number of hydrogen-bond donors (Lipinski definition) is 1.